The predicted octanol–water partition coefficient (Wildman–Crippen LogP) is 1.57. The fraction of sp³-hybridized carbons (Fsp3) is 0.143. The highest BCUT2D eigenvalue weighted by atomic mass is 35.5. The molecule has 1 aromatic rings. The second-order valence-corrected chi connectivity index (χ2v) is 3.19. The molecule has 15 heavy (non-hydrogen) atoms. The molecular formula is C7H5Cl2FN2O3. The lowest BCUT2D eigenvalue weighted by Gasteiger charge is -2.07. The van der Waals surface area contributed by atoms with Gasteiger partial charge in [-0.1, -0.05) is 23.2 Å². The molecule has 0 aliphatic heterocycles. The second kappa shape index (κ2) is 4.50. The van der Waals surface area contributed by atoms with Crippen LogP contribution in [0.5, 0.6) is 5.88 Å². The van der Waals surface area contributed by atoms with Crippen LogP contribution in [0, 0.1) is 5.95 Å². The highest BCUT2D eigenvalue weighted by Crippen LogP contribution is 2.35. The van der Waals surface area contributed by atoms with Crippen molar-refractivity contribution in [2.45, 2.75) is 0 Å². The van der Waals surface area contributed by atoms with E-state index in [-0.39, 0.29) is 10.7 Å². The van der Waals surface area contributed by atoms with Crippen molar-refractivity contribution in [3.05, 3.63) is 16.0 Å². The number of anilines is 1. The van der Waals surface area contributed by atoms with E-state index in [1.165, 1.54) is 0 Å². The zero-order valence-electron chi connectivity index (χ0n) is 7.13. The van der Waals surface area contributed by atoms with Crippen molar-refractivity contribution in [2.24, 2.45) is 0 Å². The lowest BCUT2D eigenvalue weighted by molar-refractivity contribution is -0.139. The molecule has 0 bridgehead atoms. The third-order valence-electron chi connectivity index (χ3n) is 1.37. The first-order valence-electron chi connectivity index (χ1n) is 3.58. The summed E-state index contributed by atoms with van der Waals surface area (Å²) >= 11 is 11.0. The number of aliphatic carboxylic acids is 1. The smallest absolute Gasteiger partial charge is 0.341 e. The molecule has 82 valence electrons. The Bertz CT molecular complexity index is 414. The summed E-state index contributed by atoms with van der Waals surface area (Å²) in [5, 5.41) is 7.66. The first-order valence-corrected chi connectivity index (χ1v) is 4.33. The number of aromatic nitrogens is 1. The number of nitrogen functional groups attached to an aromatic ring is 1. The Balaban J connectivity index is 3.04. The molecule has 0 fully saturated rings. The van der Waals surface area contributed by atoms with E-state index in [1.54, 1.807) is 0 Å². The monoisotopic (exact) mass is 256 g/mol. The maximum absolute atomic E-state index is 12.9. The third kappa shape index (κ3) is 2.60. The molecule has 0 aromatic carbocycles. The van der Waals surface area contributed by atoms with Gasteiger partial charge in [-0.2, -0.15) is 9.37 Å². The van der Waals surface area contributed by atoms with E-state index >= 15 is 0 Å². The van der Waals surface area contributed by atoms with E-state index in [1.807, 2.05) is 0 Å². The summed E-state index contributed by atoms with van der Waals surface area (Å²) < 4.78 is 17.5. The van der Waals surface area contributed by atoms with Gasteiger partial charge in [0.2, 0.25) is 11.8 Å². The molecule has 8 heteroatoms. The highest BCUT2D eigenvalue weighted by Gasteiger charge is 2.16. The molecule has 0 aliphatic rings. The van der Waals surface area contributed by atoms with Gasteiger partial charge in [0.05, 0.1) is 5.69 Å². The van der Waals surface area contributed by atoms with E-state index in [0.717, 1.165) is 0 Å². The molecule has 0 saturated carbocycles. The number of carboxylic acid groups (broad SMARTS) is 1. The SMILES string of the molecule is Nc1c(Cl)c(F)nc(O[13CH2][13C](=O)O)c1Cl. The maximum atomic E-state index is 12.9. The number of carbonyl (C=O) groups is 1. The molecule has 1 rings (SSSR count). The summed E-state index contributed by atoms with van der Waals surface area (Å²) in [6, 6.07) is 0. The van der Waals surface area contributed by atoms with Gasteiger partial charge in [-0.15, -0.1) is 0 Å². The van der Waals surface area contributed by atoms with Crippen molar-refractivity contribution in [3.8, 4) is 5.88 Å². The van der Waals surface area contributed by atoms with E-state index in [0.29, 0.717) is 0 Å². The van der Waals surface area contributed by atoms with Gasteiger partial charge in [0.15, 0.2) is 6.61 Å². The zero-order chi connectivity index (χ0) is 11.6. The van der Waals surface area contributed by atoms with Crippen LogP contribution in [0.1, 0.15) is 0 Å². The maximum Gasteiger partial charge on any atom is 0.341 e. The van der Waals surface area contributed by atoms with Gasteiger partial charge in [-0.25, -0.2) is 4.79 Å². The van der Waals surface area contributed by atoms with E-state index in [9.17, 15) is 9.18 Å². The number of hydrogen-bond acceptors (Lipinski definition) is 4. The van der Waals surface area contributed by atoms with Crippen LogP contribution < -0.4 is 10.5 Å². The van der Waals surface area contributed by atoms with Crippen LogP contribution in [0.15, 0.2) is 0 Å². The van der Waals surface area contributed by atoms with Crippen molar-refractivity contribution in [1.29, 1.82) is 0 Å². The number of carboxylic acids is 1. The van der Waals surface area contributed by atoms with Crippen molar-refractivity contribution < 1.29 is 19.0 Å². The van der Waals surface area contributed by atoms with Gasteiger partial charge in [0.1, 0.15) is 10.0 Å². The Labute approximate surface area is 93.6 Å². The fourth-order valence-corrected chi connectivity index (χ4v) is 1.11. The average molecular weight is 257 g/mol. The zero-order valence-corrected chi connectivity index (χ0v) is 8.64. The minimum atomic E-state index is -1.25. The van der Waals surface area contributed by atoms with E-state index in [4.69, 9.17) is 34.0 Å². The molecule has 1 heterocycles. The molecule has 5 nitrogen and oxygen atoms in total. The Morgan fingerprint density at radius 2 is 2.13 bits per heavy atom. The minimum Gasteiger partial charge on any atom is -0.479 e. The Morgan fingerprint density at radius 3 is 2.67 bits per heavy atom. The molecule has 0 amide bonds. The number of pyridine rings is 1. The number of nitrogens with two attached hydrogens (primary N) is 1. The topological polar surface area (TPSA) is 85.4 Å². The molecule has 0 aliphatic carbocycles. The molecule has 0 saturated heterocycles. The molecule has 1 aromatic heterocycles. The predicted molar refractivity (Wildman–Crippen MR) is 51.8 cm³/mol. The van der Waals surface area contributed by atoms with Crippen LogP contribution in [0.25, 0.3) is 0 Å². The molecule has 0 radical (unpaired) electrons. The fourth-order valence-electron chi connectivity index (χ4n) is 0.736. The normalized spacial score (nSPS) is 10.1. The summed E-state index contributed by atoms with van der Waals surface area (Å²) in [5.74, 6) is -2.72. The summed E-state index contributed by atoms with van der Waals surface area (Å²) in [4.78, 5) is 13.4. The van der Waals surface area contributed by atoms with Gasteiger partial charge < -0.3 is 15.6 Å². The van der Waals surface area contributed by atoms with Crippen molar-refractivity contribution in [1.82, 2.24) is 4.98 Å². The number of nitrogens with zero attached hydrogens (tertiary/aromatic N) is 1. The van der Waals surface area contributed by atoms with Crippen molar-refractivity contribution >= 4 is 34.9 Å². The van der Waals surface area contributed by atoms with Gasteiger partial charge in [0.25, 0.3) is 0 Å². The van der Waals surface area contributed by atoms with Gasteiger partial charge in [-0.3, -0.25) is 0 Å². The summed E-state index contributed by atoms with van der Waals surface area (Å²) in [5.41, 5.74) is 5.07. The van der Waals surface area contributed by atoms with Crippen LogP contribution in [0.4, 0.5) is 10.1 Å². The standard InChI is InChI=1S/C7H5Cl2FN2O3/c8-3-5(11)4(9)7(12-6(3)10)15-1-2(13)14/h1H2,(H2,11,12)(H,13,14)/i1+1,2+1. The number of hydrogen-bond donors (Lipinski definition) is 2. The largest absolute Gasteiger partial charge is 0.479 e. The lowest BCUT2D eigenvalue weighted by Crippen LogP contribution is -2.11. The van der Waals surface area contributed by atoms with Crippen LogP contribution in [0.2, 0.25) is 10.0 Å². The third-order valence-corrected chi connectivity index (χ3v) is 2.10. The number of halogens is 3. The Kier molecular flexibility index (Phi) is 3.54. The Morgan fingerprint density at radius 1 is 1.53 bits per heavy atom. The molecule has 0 atom stereocenters. The first kappa shape index (κ1) is 11.8. The lowest BCUT2D eigenvalue weighted by atomic mass is 10.4. The molecular weight excluding hydrogens is 252 g/mol. The summed E-state index contributed by atoms with van der Waals surface area (Å²) in [6.45, 7) is -0.701. The van der Waals surface area contributed by atoms with Crippen LogP contribution in [0.3, 0.4) is 0 Å². The molecule has 3 N–H and O–H groups in total. The summed E-state index contributed by atoms with van der Waals surface area (Å²) in [7, 11) is 0. The number of rotatable bonds is 3. The molecule has 0 unspecified atom stereocenters. The first-order chi connectivity index (χ1) is 6.93. The summed E-state index contributed by atoms with van der Waals surface area (Å²) in [6.07, 6.45) is 0. The Hall–Kier alpha value is -1.27. The van der Waals surface area contributed by atoms with Crippen LogP contribution >= 0.6 is 23.2 Å². The van der Waals surface area contributed by atoms with E-state index < -0.39 is 29.4 Å². The van der Waals surface area contributed by atoms with Gasteiger partial charge >= 0.3 is 5.97 Å². The van der Waals surface area contributed by atoms with Crippen molar-refractivity contribution in [3.63, 3.8) is 0 Å². The van der Waals surface area contributed by atoms with Gasteiger partial charge in [0, 0.05) is 0 Å². The van der Waals surface area contributed by atoms with Gasteiger partial charge in [-0.05, 0) is 0 Å². The van der Waals surface area contributed by atoms with E-state index in [2.05, 4.69) is 9.72 Å². The van der Waals surface area contributed by atoms with Crippen molar-refractivity contribution in [2.75, 3.05) is 12.3 Å². The van der Waals surface area contributed by atoms with Crippen LogP contribution in [-0.4, -0.2) is 22.7 Å². The minimum absolute atomic E-state index is 0.220. The quantitative estimate of drug-likeness (QED) is 0.634. The number of ether oxygens (including phenoxy) is 1. The van der Waals surface area contributed by atoms with Crippen LogP contribution in [-0.2, 0) is 4.79 Å². The highest BCUT2D eigenvalue weighted by molar-refractivity contribution is 6.39. The molecule has 0 spiro atoms. The second-order valence-electron chi connectivity index (χ2n) is 2.43. The average Bonchev–Trinajstić information content (AvgIpc) is 2.18.